The van der Waals surface area contributed by atoms with E-state index in [1.165, 1.54) is 19.2 Å². The van der Waals surface area contributed by atoms with Crippen molar-refractivity contribution in [3.05, 3.63) is 30.0 Å². The molecule has 5 nitrogen and oxygen atoms in total. The fraction of sp³-hybridized carbons (Fsp3) is 0.438. The predicted octanol–water partition coefficient (Wildman–Crippen LogP) is 3.48. The van der Waals surface area contributed by atoms with E-state index in [9.17, 15) is 13.6 Å². The van der Waals surface area contributed by atoms with Gasteiger partial charge in [0.2, 0.25) is 0 Å². The maximum absolute atomic E-state index is 14.1. The molecule has 0 saturated heterocycles. The molecule has 0 radical (unpaired) electrons. The van der Waals surface area contributed by atoms with Crippen molar-refractivity contribution in [1.29, 1.82) is 0 Å². The number of benzene rings is 1. The number of rotatable bonds is 3. The number of hydrogen-bond acceptors (Lipinski definition) is 4. The minimum Gasteiger partial charge on any atom is -0.497 e. The van der Waals surface area contributed by atoms with Crippen LogP contribution >= 0.6 is 0 Å². The number of carbonyl (C=O) groups is 1. The number of methoxy groups -OCH3 is 1. The summed E-state index contributed by atoms with van der Waals surface area (Å²) < 4.78 is 39.7. The Balaban J connectivity index is 2.65. The number of ether oxygens (including phenoxy) is 2. The number of halogens is 2. The van der Waals surface area contributed by atoms with Crippen LogP contribution < -0.4 is 10.5 Å². The zero-order valence-electron chi connectivity index (χ0n) is 13.5. The van der Waals surface area contributed by atoms with Gasteiger partial charge in [0.05, 0.1) is 19.2 Å². The third-order valence-electron chi connectivity index (χ3n) is 3.25. The molecule has 1 aromatic heterocycles. The molecule has 1 heterocycles. The molecule has 0 bridgehead atoms. The fourth-order valence-corrected chi connectivity index (χ4v) is 2.20. The van der Waals surface area contributed by atoms with E-state index in [0.717, 1.165) is 10.8 Å². The van der Waals surface area contributed by atoms with Gasteiger partial charge in [-0.25, -0.2) is 4.79 Å². The number of fused-ring (bicyclic) bond motifs is 1. The first-order valence-electron chi connectivity index (χ1n) is 7.10. The van der Waals surface area contributed by atoms with E-state index < -0.39 is 24.2 Å². The standard InChI is InChI=1S/C16H20F2N2O3/c1-15(2,3)23-14(21)20-8-12(16(17,18)9-19)11-7-10(22-4)5-6-13(11)20/h5-8H,9,19H2,1-4H3. The molecule has 0 spiro atoms. The molecule has 7 heteroatoms. The van der Waals surface area contributed by atoms with Crippen LogP contribution in [0.25, 0.3) is 10.9 Å². The molecule has 0 atom stereocenters. The van der Waals surface area contributed by atoms with Gasteiger partial charge in [0.15, 0.2) is 0 Å². The summed E-state index contributed by atoms with van der Waals surface area (Å²) >= 11 is 0. The summed E-state index contributed by atoms with van der Waals surface area (Å²) in [6.45, 7) is 4.25. The van der Waals surface area contributed by atoms with E-state index >= 15 is 0 Å². The van der Waals surface area contributed by atoms with Gasteiger partial charge >= 0.3 is 6.09 Å². The Kier molecular flexibility index (Phi) is 4.34. The van der Waals surface area contributed by atoms with E-state index in [2.05, 4.69) is 0 Å². The van der Waals surface area contributed by atoms with Crippen molar-refractivity contribution >= 4 is 17.0 Å². The van der Waals surface area contributed by atoms with E-state index in [4.69, 9.17) is 15.2 Å². The summed E-state index contributed by atoms with van der Waals surface area (Å²) in [6.07, 6.45) is 0.345. The maximum Gasteiger partial charge on any atom is 0.419 e. The highest BCUT2D eigenvalue weighted by Crippen LogP contribution is 2.36. The van der Waals surface area contributed by atoms with E-state index in [1.54, 1.807) is 26.8 Å². The van der Waals surface area contributed by atoms with Gasteiger partial charge in [0, 0.05) is 17.1 Å². The third kappa shape index (κ3) is 3.44. The second-order valence-corrected chi connectivity index (χ2v) is 6.18. The zero-order chi connectivity index (χ0) is 17.4. The quantitative estimate of drug-likeness (QED) is 0.938. The highest BCUT2D eigenvalue weighted by molar-refractivity contribution is 5.93. The lowest BCUT2D eigenvalue weighted by Gasteiger charge is -2.19. The topological polar surface area (TPSA) is 66.5 Å². The van der Waals surface area contributed by atoms with E-state index in [0.29, 0.717) is 11.3 Å². The Morgan fingerprint density at radius 3 is 2.48 bits per heavy atom. The second-order valence-electron chi connectivity index (χ2n) is 6.18. The van der Waals surface area contributed by atoms with Crippen LogP contribution in [0, 0.1) is 0 Å². The van der Waals surface area contributed by atoms with Crippen LogP contribution in [0.15, 0.2) is 24.4 Å². The van der Waals surface area contributed by atoms with Gasteiger partial charge in [0.1, 0.15) is 11.4 Å². The van der Waals surface area contributed by atoms with Crippen molar-refractivity contribution in [3.8, 4) is 5.75 Å². The Morgan fingerprint density at radius 1 is 1.30 bits per heavy atom. The molecule has 2 N–H and O–H groups in total. The minimum absolute atomic E-state index is 0.200. The molecule has 1 aromatic carbocycles. The average molecular weight is 326 g/mol. The van der Waals surface area contributed by atoms with Gasteiger partial charge in [-0.3, -0.25) is 4.57 Å². The van der Waals surface area contributed by atoms with Gasteiger partial charge in [-0.2, -0.15) is 8.78 Å². The summed E-state index contributed by atoms with van der Waals surface area (Å²) in [6, 6.07) is 4.58. The summed E-state index contributed by atoms with van der Waals surface area (Å²) in [5, 5.41) is 0.200. The lowest BCUT2D eigenvalue weighted by atomic mass is 10.1. The number of nitrogens with zero attached hydrogens (tertiary/aromatic N) is 1. The summed E-state index contributed by atoms with van der Waals surface area (Å²) in [4.78, 5) is 12.3. The van der Waals surface area contributed by atoms with Crippen LogP contribution in [0.2, 0.25) is 0 Å². The lowest BCUT2D eigenvalue weighted by Crippen LogP contribution is -2.27. The summed E-state index contributed by atoms with van der Waals surface area (Å²) in [5.74, 6) is -2.86. The number of hydrogen-bond donors (Lipinski definition) is 1. The smallest absolute Gasteiger partial charge is 0.419 e. The molecule has 0 fully saturated rings. The van der Waals surface area contributed by atoms with E-state index in [-0.39, 0.29) is 10.9 Å². The molecule has 2 aromatic rings. The van der Waals surface area contributed by atoms with Gasteiger partial charge in [0.25, 0.3) is 5.92 Å². The first-order valence-corrected chi connectivity index (χ1v) is 7.10. The Labute approximate surface area is 133 Å². The predicted molar refractivity (Wildman–Crippen MR) is 83.1 cm³/mol. The average Bonchev–Trinajstić information content (AvgIpc) is 2.84. The first-order chi connectivity index (χ1) is 10.6. The normalized spacial score (nSPS) is 12.5. The zero-order valence-corrected chi connectivity index (χ0v) is 13.5. The highest BCUT2D eigenvalue weighted by Gasteiger charge is 2.35. The Morgan fingerprint density at radius 2 is 1.96 bits per heavy atom. The molecule has 126 valence electrons. The van der Waals surface area contributed by atoms with Crippen LogP contribution in [0.5, 0.6) is 5.75 Å². The lowest BCUT2D eigenvalue weighted by molar-refractivity contribution is 0.00729. The van der Waals surface area contributed by atoms with Crippen molar-refractivity contribution in [2.75, 3.05) is 13.7 Å². The molecule has 0 aliphatic carbocycles. The van der Waals surface area contributed by atoms with Gasteiger partial charge in [-0.15, -0.1) is 0 Å². The van der Waals surface area contributed by atoms with Crippen molar-refractivity contribution in [3.63, 3.8) is 0 Å². The molecule has 0 amide bonds. The monoisotopic (exact) mass is 326 g/mol. The minimum atomic E-state index is -3.27. The number of alkyl halides is 2. The third-order valence-corrected chi connectivity index (χ3v) is 3.25. The summed E-state index contributed by atoms with van der Waals surface area (Å²) in [5.41, 5.74) is 4.42. The Bertz CT molecular complexity index is 733. The molecular weight excluding hydrogens is 306 g/mol. The van der Waals surface area contributed by atoms with Gasteiger partial charge < -0.3 is 15.2 Å². The Hall–Kier alpha value is -2.15. The van der Waals surface area contributed by atoms with Gasteiger partial charge in [-0.05, 0) is 39.0 Å². The highest BCUT2D eigenvalue weighted by atomic mass is 19.3. The SMILES string of the molecule is COc1ccc2c(c1)c(C(F)(F)CN)cn2C(=O)OC(C)(C)C. The fourth-order valence-electron chi connectivity index (χ4n) is 2.20. The molecule has 23 heavy (non-hydrogen) atoms. The largest absolute Gasteiger partial charge is 0.497 e. The molecule has 0 aliphatic rings. The molecule has 0 aliphatic heterocycles. The molecular formula is C16H20F2N2O3. The van der Waals surface area contributed by atoms with Crippen LogP contribution in [0.3, 0.4) is 0 Å². The maximum atomic E-state index is 14.1. The molecule has 0 unspecified atom stereocenters. The molecule has 2 rings (SSSR count). The summed E-state index contributed by atoms with van der Waals surface area (Å²) in [7, 11) is 1.44. The van der Waals surface area contributed by atoms with Crippen molar-refractivity contribution < 1.29 is 23.0 Å². The number of aromatic nitrogens is 1. The van der Waals surface area contributed by atoms with Crippen molar-refractivity contribution in [1.82, 2.24) is 4.57 Å². The van der Waals surface area contributed by atoms with Crippen LogP contribution in [0.4, 0.5) is 13.6 Å². The van der Waals surface area contributed by atoms with Crippen LogP contribution in [0.1, 0.15) is 26.3 Å². The second kappa shape index (κ2) is 5.81. The number of carbonyl (C=O) groups excluding carboxylic acids is 1. The van der Waals surface area contributed by atoms with E-state index in [1.807, 2.05) is 0 Å². The van der Waals surface area contributed by atoms with Gasteiger partial charge in [-0.1, -0.05) is 0 Å². The van der Waals surface area contributed by atoms with Crippen LogP contribution in [-0.2, 0) is 10.7 Å². The van der Waals surface area contributed by atoms with Crippen molar-refractivity contribution in [2.45, 2.75) is 32.3 Å². The van der Waals surface area contributed by atoms with Crippen molar-refractivity contribution in [2.24, 2.45) is 5.73 Å². The first kappa shape index (κ1) is 17.2. The molecule has 0 saturated carbocycles. The van der Waals surface area contributed by atoms with Crippen LogP contribution in [-0.4, -0.2) is 29.9 Å². The number of nitrogens with two attached hydrogens (primary N) is 1.